The molecule has 5 nitrogen and oxygen atoms in total. The van der Waals surface area contributed by atoms with Crippen LogP contribution in [0.2, 0.25) is 0 Å². The molecule has 0 fully saturated rings. The summed E-state index contributed by atoms with van der Waals surface area (Å²) < 4.78 is 28.5. The van der Waals surface area contributed by atoms with Crippen molar-refractivity contribution in [1.29, 1.82) is 0 Å². The van der Waals surface area contributed by atoms with E-state index in [9.17, 15) is 4.21 Å². The Morgan fingerprint density at radius 3 is 2.79 bits per heavy atom. The summed E-state index contributed by atoms with van der Waals surface area (Å²) in [4.78, 5) is 0. The minimum absolute atomic E-state index is 0.229. The topological polar surface area (TPSA) is 81.8 Å². The van der Waals surface area contributed by atoms with Gasteiger partial charge in [-0.1, -0.05) is 0 Å². The number of hydrogen-bond acceptors (Lipinski definition) is 4. The van der Waals surface area contributed by atoms with Gasteiger partial charge in [-0.25, -0.2) is 0 Å². The molecule has 0 aromatic heterocycles. The third-order valence-electron chi connectivity index (χ3n) is 1.45. The van der Waals surface area contributed by atoms with Crippen LogP contribution in [0.25, 0.3) is 0 Å². The van der Waals surface area contributed by atoms with Gasteiger partial charge in [-0.05, 0) is 19.1 Å². The summed E-state index contributed by atoms with van der Waals surface area (Å²) in [6, 6.07) is 4.52. The first-order valence-corrected chi connectivity index (χ1v) is 4.98. The maximum atomic E-state index is 10.3. The highest BCUT2D eigenvalue weighted by molar-refractivity contribution is 7.74. The van der Waals surface area contributed by atoms with Crippen molar-refractivity contribution in [2.45, 2.75) is 6.92 Å². The first kappa shape index (κ1) is 10.8. The number of anilines is 1. The first-order chi connectivity index (χ1) is 6.63. The van der Waals surface area contributed by atoms with Crippen molar-refractivity contribution < 1.29 is 17.7 Å². The van der Waals surface area contributed by atoms with E-state index >= 15 is 0 Å². The average molecular weight is 217 g/mol. The Morgan fingerprint density at radius 1 is 1.57 bits per heavy atom. The van der Waals surface area contributed by atoms with Gasteiger partial charge in [0, 0.05) is 6.07 Å². The van der Waals surface area contributed by atoms with E-state index in [1.54, 1.807) is 6.07 Å². The smallest absolute Gasteiger partial charge is 0.357 e. The van der Waals surface area contributed by atoms with Crippen LogP contribution in [0, 0.1) is 0 Å². The molecule has 3 N–H and O–H groups in total. The van der Waals surface area contributed by atoms with Gasteiger partial charge in [-0.2, -0.15) is 4.21 Å². The molecule has 14 heavy (non-hydrogen) atoms. The molecule has 0 saturated carbocycles. The summed E-state index contributed by atoms with van der Waals surface area (Å²) in [5, 5.41) is 0. The first-order valence-electron chi connectivity index (χ1n) is 3.95. The van der Waals surface area contributed by atoms with E-state index in [1.165, 1.54) is 12.1 Å². The molecule has 0 aliphatic rings. The zero-order valence-corrected chi connectivity index (χ0v) is 8.41. The number of nitrogens with two attached hydrogens (primary N) is 1. The van der Waals surface area contributed by atoms with Crippen molar-refractivity contribution in [3.8, 4) is 11.5 Å². The third kappa shape index (κ3) is 2.90. The summed E-state index contributed by atoms with van der Waals surface area (Å²) in [5.74, 6) is 0.760. The maximum absolute atomic E-state index is 10.3. The Labute approximate surface area is 84.3 Å². The number of hydrogen-bond donors (Lipinski definition) is 2. The molecule has 78 valence electrons. The molecule has 0 heterocycles. The van der Waals surface area contributed by atoms with Crippen LogP contribution in [0.1, 0.15) is 6.92 Å². The average Bonchev–Trinajstić information content (AvgIpc) is 2.09. The van der Waals surface area contributed by atoms with E-state index in [0.717, 1.165) is 0 Å². The van der Waals surface area contributed by atoms with Crippen molar-refractivity contribution in [2.24, 2.45) is 0 Å². The molecule has 0 radical (unpaired) electrons. The second-order valence-electron chi connectivity index (χ2n) is 2.43. The lowest BCUT2D eigenvalue weighted by Gasteiger charge is -2.07. The molecular weight excluding hydrogens is 206 g/mol. The monoisotopic (exact) mass is 217 g/mol. The largest absolute Gasteiger partial charge is 0.492 e. The number of benzene rings is 1. The Balaban J connectivity index is 2.83. The Morgan fingerprint density at radius 2 is 2.29 bits per heavy atom. The van der Waals surface area contributed by atoms with Gasteiger partial charge in [0.1, 0.15) is 11.5 Å². The second kappa shape index (κ2) is 4.83. The van der Waals surface area contributed by atoms with Crippen molar-refractivity contribution in [2.75, 3.05) is 12.3 Å². The second-order valence-corrected chi connectivity index (χ2v) is 3.03. The molecular formula is C8H11NO4S. The van der Waals surface area contributed by atoms with Gasteiger partial charge in [0.05, 0.1) is 12.3 Å². The Hall–Kier alpha value is -1.27. The van der Waals surface area contributed by atoms with Gasteiger partial charge in [0.2, 0.25) is 0 Å². The number of ether oxygens (including phenoxy) is 1. The fraction of sp³-hybridized carbons (Fsp3) is 0.250. The molecule has 0 bridgehead atoms. The lowest BCUT2D eigenvalue weighted by Crippen LogP contribution is -2.00. The Bertz CT molecular complexity index is 342. The summed E-state index contributed by atoms with van der Waals surface area (Å²) >= 11 is -2.33. The van der Waals surface area contributed by atoms with E-state index in [-0.39, 0.29) is 5.75 Å². The molecule has 0 aliphatic heterocycles. The van der Waals surface area contributed by atoms with Crippen LogP contribution in [-0.2, 0) is 11.4 Å². The van der Waals surface area contributed by atoms with Crippen LogP contribution in [0.4, 0.5) is 5.69 Å². The fourth-order valence-corrected chi connectivity index (χ4v) is 1.22. The molecule has 1 atom stereocenters. The predicted octanol–water partition coefficient (Wildman–Crippen LogP) is 1.18. The highest BCUT2D eigenvalue weighted by Crippen LogP contribution is 2.26. The van der Waals surface area contributed by atoms with Gasteiger partial charge in [0.15, 0.2) is 0 Å². The minimum Gasteiger partial charge on any atom is -0.492 e. The van der Waals surface area contributed by atoms with E-state index in [1.807, 2.05) is 6.92 Å². The van der Waals surface area contributed by atoms with Gasteiger partial charge in [0.25, 0.3) is 0 Å². The highest BCUT2D eigenvalue weighted by Gasteiger charge is 2.03. The zero-order valence-electron chi connectivity index (χ0n) is 7.60. The van der Waals surface area contributed by atoms with Crippen LogP contribution in [0.3, 0.4) is 0 Å². The molecule has 0 saturated heterocycles. The number of rotatable bonds is 4. The van der Waals surface area contributed by atoms with E-state index in [2.05, 4.69) is 4.18 Å². The van der Waals surface area contributed by atoms with Gasteiger partial charge in [-0.3, -0.25) is 4.55 Å². The van der Waals surface area contributed by atoms with E-state index in [0.29, 0.717) is 18.0 Å². The summed E-state index contributed by atoms with van der Waals surface area (Å²) in [7, 11) is 0. The fourth-order valence-electron chi connectivity index (χ4n) is 0.948. The molecule has 0 amide bonds. The standard InChI is InChI=1S/C8H11NO4S/c1-2-12-8-4-3-6(5-7(8)9)13-14(10)11/h3-5H,2,9H2,1H3,(H,10,11). The van der Waals surface area contributed by atoms with Crippen molar-refractivity contribution in [3.05, 3.63) is 18.2 Å². The summed E-state index contributed by atoms with van der Waals surface area (Å²) in [6.07, 6.45) is 0. The molecule has 1 aromatic carbocycles. The molecule has 1 unspecified atom stereocenters. The summed E-state index contributed by atoms with van der Waals surface area (Å²) in [5.41, 5.74) is 5.97. The highest BCUT2D eigenvalue weighted by atomic mass is 32.2. The van der Waals surface area contributed by atoms with Crippen LogP contribution >= 0.6 is 0 Å². The van der Waals surface area contributed by atoms with Gasteiger partial charge >= 0.3 is 11.4 Å². The SMILES string of the molecule is CCOc1ccc(OS(=O)O)cc1N. The Kier molecular flexibility index (Phi) is 3.73. The third-order valence-corrected chi connectivity index (χ3v) is 1.78. The van der Waals surface area contributed by atoms with Gasteiger partial charge in [-0.15, -0.1) is 0 Å². The maximum Gasteiger partial charge on any atom is 0.357 e. The molecule has 6 heteroatoms. The minimum atomic E-state index is -2.33. The number of nitrogen functional groups attached to an aromatic ring is 1. The van der Waals surface area contributed by atoms with Crippen molar-refractivity contribution >= 4 is 17.0 Å². The molecule has 0 aliphatic carbocycles. The van der Waals surface area contributed by atoms with E-state index < -0.39 is 11.4 Å². The van der Waals surface area contributed by atoms with Crippen LogP contribution in [-0.4, -0.2) is 15.4 Å². The van der Waals surface area contributed by atoms with E-state index in [4.69, 9.17) is 15.0 Å². The van der Waals surface area contributed by atoms with Crippen LogP contribution < -0.4 is 14.7 Å². The molecule has 1 rings (SSSR count). The lowest BCUT2D eigenvalue weighted by atomic mass is 10.3. The predicted molar refractivity (Wildman–Crippen MR) is 53.4 cm³/mol. The summed E-state index contributed by atoms with van der Waals surface area (Å²) in [6.45, 7) is 2.35. The molecule has 1 aromatic rings. The normalized spacial score (nSPS) is 12.1. The lowest BCUT2D eigenvalue weighted by molar-refractivity contribution is 0.341. The zero-order chi connectivity index (χ0) is 10.6. The quantitative estimate of drug-likeness (QED) is 0.584. The van der Waals surface area contributed by atoms with Crippen molar-refractivity contribution in [1.82, 2.24) is 0 Å². The van der Waals surface area contributed by atoms with Gasteiger partial charge < -0.3 is 14.7 Å². The van der Waals surface area contributed by atoms with Crippen LogP contribution in [0.15, 0.2) is 18.2 Å². The molecule has 0 spiro atoms. The van der Waals surface area contributed by atoms with Crippen LogP contribution in [0.5, 0.6) is 11.5 Å². The van der Waals surface area contributed by atoms with Crippen molar-refractivity contribution in [3.63, 3.8) is 0 Å².